The van der Waals surface area contributed by atoms with Crippen molar-refractivity contribution in [3.63, 3.8) is 0 Å². The Morgan fingerprint density at radius 1 is 1.00 bits per heavy atom. The Morgan fingerprint density at radius 3 is 2.16 bits per heavy atom. The monoisotopic (exact) mass is 345 g/mol. The molecule has 0 aromatic heterocycles. The lowest BCUT2D eigenvalue weighted by Crippen LogP contribution is -2.41. The third-order valence-corrected chi connectivity index (χ3v) is 4.17. The highest BCUT2D eigenvalue weighted by Crippen LogP contribution is 2.14. The number of likely N-dealkylation sites (tertiary alicyclic amines) is 1. The van der Waals surface area contributed by atoms with Crippen LogP contribution in [0.15, 0.2) is 24.3 Å². The van der Waals surface area contributed by atoms with Gasteiger partial charge in [-0.25, -0.2) is 0 Å². The topological polar surface area (TPSA) is 78.5 Å². The molecule has 3 amide bonds. The molecular weight excluding hydrogens is 318 g/mol. The van der Waals surface area contributed by atoms with E-state index in [1.807, 2.05) is 17.0 Å². The van der Waals surface area contributed by atoms with Gasteiger partial charge in [-0.05, 0) is 30.5 Å². The normalized spacial score (nSPS) is 14.3. The van der Waals surface area contributed by atoms with Crippen LogP contribution in [0.1, 0.15) is 49.5 Å². The molecule has 2 rings (SSSR count). The first-order chi connectivity index (χ1) is 11.8. The lowest BCUT2D eigenvalue weighted by atomic mass is 9.96. The first kappa shape index (κ1) is 19.0. The molecule has 1 heterocycles. The summed E-state index contributed by atoms with van der Waals surface area (Å²) in [7, 11) is 0. The van der Waals surface area contributed by atoms with Crippen molar-refractivity contribution in [3.05, 3.63) is 35.4 Å². The summed E-state index contributed by atoms with van der Waals surface area (Å²) < 4.78 is 0. The Hall–Kier alpha value is -2.37. The number of carbonyl (C=O) groups excluding carboxylic acids is 3. The molecule has 25 heavy (non-hydrogen) atoms. The number of amides is 3. The Bertz CT molecular complexity index is 626. The van der Waals surface area contributed by atoms with Crippen molar-refractivity contribution in [1.82, 2.24) is 15.5 Å². The van der Waals surface area contributed by atoms with Gasteiger partial charge in [-0.2, -0.15) is 0 Å². The average molecular weight is 345 g/mol. The molecule has 2 N–H and O–H groups in total. The number of nitrogens with one attached hydrogen (secondary N) is 2. The van der Waals surface area contributed by atoms with Gasteiger partial charge in [-0.15, -0.1) is 0 Å². The molecule has 1 saturated heterocycles. The molecule has 0 unspecified atom stereocenters. The Balaban J connectivity index is 1.78. The van der Waals surface area contributed by atoms with E-state index >= 15 is 0 Å². The van der Waals surface area contributed by atoms with Gasteiger partial charge in [0.25, 0.3) is 5.91 Å². The summed E-state index contributed by atoms with van der Waals surface area (Å²) in [5, 5.41) is 5.37. The van der Waals surface area contributed by atoms with Gasteiger partial charge >= 0.3 is 0 Å². The van der Waals surface area contributed by atoms with E-state index in [0.29, 0.717) is 12.1 Å². The highest BCUT2D eigenvalue weighted by Gasteiger charge is 2.21. The van der Waals surface area contributed by atoms with E-state index in [0.717, 1.165) is 31.5 Å². The summed E-state index contributed by atoms with van der Waals surface area (Å²) in [6.07, 6.45) is 2.14. The standard InChI is InChI=1S/C19H27N3O3/c1-19(2,3)18(25)21-13-16(23)20-12-14-6-8-15(9-7-14)17(24)22-10-4-5-11-22/h6-9H,4-5,10-13H2,1-3H3,(H,20,23)(H,21,25). The van der Waals surface area contributed by atoms with E-state index in [1.165, 1.54) is 0 Å². The number of hydrogen-bond donors (Lipinski definition) is 2. The summed E-state index contributed by atoms with van der Waals surface area (Å²) in [5.41, 5.74) is 1.07. The van der Waals surface area contributed by atoms with Crippen molar-refractivity contribution in [3.8, 4) is 0 Å². The highest BCUT2D eigenvalue weighted by molar-refractivity contribution is 5.94. The van der Waals surface area contributed by atoms with Crippen LogP contribution in [0.4, 0.5) is 0 Å². The first-order valence-electron chi connectivity index (χ1n) is 8.70. The molecular formula is C19H27N3O3. The SMILES string of the molecule is CC(C)(C)C(=O)NCC(=O)NCc1ccc(C(=O)N2CCCC2)cc1. The van der Waals surface area contributed by atoms with Gasteiger partial charge in [-0.3, -0.25) is 14.4 Å². The maximum Gasteiger partial charge on any atom is 0.253 e. The van der Waals surface area contributed by atoms with Gasteiger partial charge in [0.15, 0.2) is 0 Å². The summed E-state index contributed by atoms with van der Waals surface area (Å²) in [5.74, 6) is -0.333. The van der Waals surface area contributed by atoms with Crippen molar-refractivity contribution in [2.24, 2.45) is 5.41 Å². The minimum Gasteiger partial charge on any atom is -0.350 e. The van der Waals surface area contributed by atoms with Crippen LogP contribution in [-0.4, -0.2) is 42.3 Å². The molecule has 0 aliphatic carbocycles. The Labute approximate surface area is 149 Å². The molecule has 0 radical (unpaired) electrons. The van der Waals surface area contributed by atoms with Crippen LogP contribution in [0.3, 0.4) is 0 Å². The minimum absolute atomic E-state index is 0.0400. The molecule has 1 aromatic carbocycles. The molecule has 0 saturated carbocycles. The van der Waals surface area contributed by atoms with E-state index in [-0.39, 0.29) is 24.3 Å². The van der Waals surface area contributed by atoms with Crippen molar-refractivity contribution >= 4 is 17.7 Å². The third-order valence-electron chi connectivity index (χ3n) is 4.17. The molecule has 6 heteroatoms. The van der Waals surface area contributed by atoms with Crippen molar-refractivity contribution < 1.29 is 14.4 Å². The zero-order valence-corrected chi connectivity index (χ0v) is 15.2. The van der Waals surface area contributed by atoms with Crippen LogP contribution in [-0.2, 0) is 16.1 Å². The van der Waals surface area contributed by atoms with Crippen LogP contribution >= 0.6 is 0 Å². The molecule has 1 aliphatic heterocycles. The number of rotatable bonds is 5. The fraction of sp³-hybridized carbons (Fsp3) is 0.526. The van der Waals surface area contributed by atoms with Gasteiger partial charge < -0.3 is 15.5 Å². The number of benzene rings is 1. The molecule has 0 bridgehead atoms. The number of hydrogen-bond acceptors (Lipinski definition) is 3. The van der Waals surface area contributed by atoms with Gasteiger partial charge in [0.1, 0.15) is 0 Å². The van der Waals surface area contributed by atoms with E-state index in [4.69, 9.17) is 0 Å². The molecule has 136 valence electrons. The van der Waals surface area contributed by atoms with Crippen LogP contribution in [0.5, 0.6) is 0 Å². The van der Waals surface area contributed by atoms with Crippen molar-refractivity contribution in [2.75, 3.05) is 19.6 Å². The predicted molar refractivity (Wildman–Crippen MR) is 95.9 cm³/mol. The van der Waals surface area contributed by atoms with Crippen molar-refractivity contribution in [2.45, 2.75) is 40.2 Å². The highest BCUT2D eigenvalue weighted by atomic mass is 16.2. The van der Waals surface area contributed by atoms with E-state index in [9.17, 15) is 14.4 Å². The third kappa shape index (κ3) is 5.59. The fourth-order valence-corrected chi connectivity index (χ4v) is 2.56. The van der Waals surface area contributed by atoms with Gasteiger partial charge in [0.05, 0.1) is 6.54 Å². The minimum atomic E-state index is -0.516. The Morgan fingerprint density at radius 2 is 1.60 bits per heavy atom. The first-order valence-corrected chi connectivity index (χ1v) is 8.70. The smallest absolute Gasteiger partial charge is 0.253 e. The molecule has 6 nitrogen and oxygen atoms in total. The largest absolute Gasteiger partial charge is 0.350 e. The quantitative estimate of drug-likeness (QED) is 0.853. The lowest BCUT2D eigenvalue weighted by molar-refractivity contribution is -0.131. The second kappa shape index (κ2) is 8.14. The fourth-order valence-electron chi connectivity index (χ4n) is 2.56. The molecule has 1 fully saturated rings. The number of carbonyl (C=O) groups is 3. The van der Waals surface area contributed by atoms with Crippen molar-refractivity contribution in [1.29, 1.82) is 0 Å². The predicted octanol–water partition coefficient (Wildman–Crippen LogP) is 1.70. The van der Waals surface area contributed by atoms with Crippen LogP contribution in [0.2, 0.25) is 0 Å². The molecule has 1 aromatic rings. The van der Waals surface area contributed by atoms with Gasteiger partial charge in [0.2, 0.25) is 11.8 Å². The average Bonchev–Trinajstić information content (AvgIpc) is 3.11. The summed E-state index contributed by atoms with van der Waals surface area (Å²) in [4.78, 5) is 37.7. The van der Waals surface area contributed by atoms with E-state index in [2.05, 4.69) is 10.6 Å². The van der Waals surface area contributed by atoms with Crippen LogP contribution in [0.25, 0.3) is 0 Å². The molecule has 0 atom stereocenters. The molecule has 0 spiro atoms. The van der Waals surface area contributed by atoms with Gasteiger partial charge in [-0.1, -0.05) is 32.9 Å². The summed E-state index contributed by atoms with van der Waals surface area (Å²) in [6.45, 7) is 7.37. The maximum absolute atomic E-state index is 12.3. The van der Waals surface area contributed by atoms with E-state index in [1.54, 1.807) is 32.9 Å². The maximum atomic E-state index is 12.3. The van der Waals surface area contributed by atoms with Gasteiger partial charge in [0, 0.05) is 30.6 Å². The number of nitrogens with zero attached hydrogens (tertiary/aromatic N) is 1. The summed E-state index contributed by atoms with van der Waals surface area (Å²) in [6, 6.07) is 7.28. The van der Waals surface area contributed by atoms with E-state index < -0.39 is 5.41 Å². The molecule has 1 aliphatic rings. The lowest BCUT2D eigenvalue weighted by Gasteiger charge is -2.17. The van der Waals surface area contributed by atoms with Crippen LogP contribution < -0.4 is 10.6 Å². The zero-order valence-electron chi connectivity index (χ0n) is 15.2. The van der Waals surface area contributed by atoms with Crippen LogP contribution in [0, 0.1) is 5.41 Å². The Kier molecular flexibility index (Phi) is 6.17. The second-order valence-corrected chi connectivity index (χ2v) is 7.41. The summed E-state index contributed by atoms with van der Waals surface area (Å²) >= 11 is 0. The zero-order chi connectivity index (χ0) is 18.4. The second-order valence-electron chi connectivity index (χ2n) is 7.41.